The minimum absolute atomic E-state index is 0.0429. The molecule has 3 heteroatoms. The van der Waals surface area contributed by atoms with Crippen LogP contribution in [0.2, 0.25) is 0 Å². The minimum Gasteiger partial charge on any atom is -0.355 e. The van der Waals surface area contributed by atoms with Crippen molar-refractivity contribution in [2.75, 3.05) is 20.2 Å². The van der Waals surface area contributed by atoms with E-state index in [1.54, 1.807) is 7.11 Å². The second-order valence-electron chi connectivity index (χ2n) is 2.49. The van der Waals surface area contributed by atoms with Crippen LogP contribution < -0.4 is 5.32 Å². The summed E-state index contributed by atoms with van der Waals surface area (Å²) >= 11 is 0. The summed E-state index contributed by atoms with van der Waals surface area (Å²) in [5.41, 5.74) is 0. The molecule has 2 atom stereocenters. The molecule has 0 aromatic carbocycles. The Kier molecular flexibility index (Phi) is 3.12. The fourth-order valence-electron chi connectivity index (χ4n) is 1.05. The molecule has 0 spiro atoms. The number of nitrogens with one attached hydrogen (secondary N) is 1. The van der Waals surface area contributed by atoms with Gasteiger partial charge >= 0.3 is 0 Å². The zero-order valence-corrected chi connectivity index (χ0v) is 6.59. The summed E-state index contributed by atoms with van der Waals surface area (Å²) in [7, 11) is 1.67. The predicted octanol–water partition coefficient (Wildman–Crippen LogP) is 0.357. The molecule has 1 heterocycles. The fourth-order valence-corrected chi connectivity index (χ4v) is 1.05. The molecule has 10 heavy (non-hydrogen) atoms. The Morgan fingerprint density at radius 1 is 1.60 bits per heavy atom. The summed E-state index contributed by atoms with van der Waals surface area (Å²) in [4.78, 5) is 0. The van der Waals surface area contributed by atoms with Crippen molar-refractivity contribution in [2.45, 2.75) is 25.7 Å². The maximum atomic E-state index is 5.50. The van der Waals surface area contributed by atoms with Crippen molar-refractivity contribution in [3.8, 4) is 0 Å². The molecule has 1 rings (SSSR count). The van der Waals surface area contributed by atoms with E-state index in [-0.39, 0.29) is 6.29 Å². The van der Waals surface area contributed by atoms with Gasteiger partial charge in [-0.1, -0.05) is 6.92 Å². The third kappa shape index (κ3) is 1.94. The van der Waals surface area contributed by atoms with Crippen LogP contribution in [0.15, 0.2) is 0 Å². The maximum absolute atomic E-state index is 5.50. The Balaban J connectivity index is 2.25. The summed E-state index contributed by atoms with van der Waals surface area (Å²) < 4.78 is 10.5. The van der Waals surface area contributed by atoms with E-state index in [1.165, 1.54) is 0 Å². The fraction of sp³-hybridized carbons (Fsp3) is 1.00. The highest BCUT2D eigenvalue weighted by Gasteiger charge is 2.19. The number of ether oxygens (including phenoxy) is 2. The smallest absolute Gasteiger partial charge is 0.169 e. The molecular formula is C7H15NO2. The first-order valence-electron chi connectivity index (χ1n) is 3.75. The lowest BCUT2D eigenvalue weighted by Crippen LogP contribution is -2.45. The molecule has 3 nitrogen and oxygen atoms in total. The lowest BCUT2D eigenvalue weighted by molar-refractivity contribution is -0.169. The van der Waals surface area contributed by atoms with Gasteiger partial charge in [-0.3, -0.25) is 0 Å². The van der Waals surface area contributed by atoms with E-state index in [9.17, 15) is 0 Å². The first kappa shape index (κ1) is 7.98. The van der Waals surface area contributed by atoms with Crippen molar-refractivity contribution in [3.63, 3.8) is 0 Å². The van der Waals surface area contributed by atoms with Gasteiger partial charge in [0.2, 0.25) is 0 Å². The van der Waals surface area contributed by atoms with Gasteiger partial charge in [0.1, 0.15) is 0 Å². The van der Waals surface area contributed by atoms with Crippen LogP contribution in [-0.2, 0) is 9.47 Å². The van der Waals surface area contributed by atoms with Crippen molar-refractivity contribution in [2.24, 2.45) is 0 Å². The second-order valence-corrected chi connectivity index (χ2v) is 2.49. The largest absolute Gasteiger partial charge is 0.355 e. The normalized spacial score (nSPS) is 34.2. The predicted molar refractivity (Wildman–Crippen MR) is 38.8 cm³/mol. The number of methoxy groups -OCH3 is 1. The van der Waals surface area contributed by atoms with Crippen LogP contribution in [0.5, 0.6) is 0 Å². The molecule has 0 bridgehead atoms. The van der Waals surface area contributed by atoms with Gasteiger partial charge in [0.15, 0.2) is 6.29 Å². The van der Waals surface area contributed by atoms with Gasteiger partial charge < -0.3 is 14.8 Å². The van der Waals surface area contributed by atoms with Gasteiger partial charge in [0, 0.05) is 20.2 Å². The van der Waals surface area contributed by atoms with Crippen molar-refractivity contribution < 1.29 is 9.47 Å². The van der Waals surface area contributed by atoms with E-state index in [1.807, 2.05) is 0 Å². The molecule has 0 radical (unpaired) electrons. The topological polar surface area (TPSA) is 30.5 Å². The van der Waals surface area contributed by atoms with E-state index in [2.05, 4.69) is 12.2 Å². The van der Waals surface area contributed by atoms with Gasteiger partial charge in [-0.2, -0.15) is 0 Å². The molecule has 1 saturated heterocycles. The molecule has 1 fully saturated rings. The van der Waals surface area contributed by atoms with Crippen LogP contribution >= 0.6 is 0 Å². The summed E-state index contributed by atoms with van der Waals surface area (Å²) in [6, 6.07) is 0. The van der Waals surface area contributed by atoms with Crippen LogP contribution in [0.25, 0.3) is 0 Å². The third-order valence-electron chi connectivity index (χ3n) is 1.75. The number of hydrogen-bond donors (Lipinski definition) is 1. The molecule has 1 N–H and O–H groups in total. The van der Waals surface area contributed by atoms with Gasteiger partial charge in [-0.15, -0.1) is 0 Å². The SMILES string of the molecule is CCC1CNCC(OC)O1. The summed E-state index contributed by atoms with van der Waals surface area (Å²) in [5.74, 6) is 0. The number of hydrogen-bond acceptors (Lipinski definition) is 3. The van der Waals surface area contributed by atoms with Gasteiger partial charge in [-0.25, -0.2) is 0 Å². The molecule has 1 aliphatic heterocycles. The summed E-state index contributed by atoms with van der Waals surface area (Å²) in [6.07, 6.45) is 1.34. The lowest BCUT2D eigenvalue weighted by atomic mass is 10.2. The van der Waals surface area contributed by atoms with E-state index in [0.29, 0.717) is 6.10 Å². The first-order valence-corrected chi connectivity index (χ1v) is 3.75. The Hall–Kier alpha value is -0.120. The third-order valence-corrected chi connectivity index (χ3v) is 1.75. The summed E-state index contributed by atoms with van der Waals surface area (Å²) in [6.45, 7) is 3.88. The molecule has 2 unspecified atom stereocenters. The highest BCUT2D eigenvalue weighted by Crippen LogP contribution is 2.06. The highest BCUT2D eigenvalue weighted by atomic mass is 16.7. The number of morpholine rings is 1. The van der Waals surface area contributed by atoms with E-state index in [4.69, 9.17) is 9.47 Å². The number of rotatable bonds is 2. The first-order chi connectivity index (χ1) is 4.86. The molecule has 0 aromatic rings. The van der Waals surface area contributed by atoms with Gasteiger partial charge in [0.05, 0.1) is 6.10 Å². The average Bonchev–Trinajstić information content (AvgIpc) is 2.05. The molecule has 1 aliphatic rings. The molecule has 0 saturated carbocycles. The second kappa shape index (κ2) is 3.91. The van der Waals surface area contributed by atoms with Crippen LogP contribution in [0, 0.1) is 0 Å². The zero-order valence-electron chi connectivity index (χ0n) is 6.59. The van der Waals surface area contributed by atoms with Crippen LogP contribution in [0.3, 0.4) is 0 Å². The molecule has 60 valence electrons. The molecular weight excluding hydrogens is 130 g/mol. The van der Waals surface area contributed by atoms with E-state index >= 15 is 0 Å². The lowest BCUT2D eigenvalue weighted by Gasteiger charge is -2.28. The highest BCUT2D eigenvalue weighted by molar-refractivity contribution is 4.67. The Morgan fingerprint density at radius 3 is 3.00 bits per heavy atom. The van der Waals surface area contributed by atoms with Crippen molar-refractivity contribution in [1.29, 1.82) is 0 Å². The standard InChI is InChI=1S/C7H15NO2/c1-3-6-4-8-5-7(9-2)10-6/h6-8H,3-5H2,1-2H3. The van der Waals surface area contributed by atoms with Gasteiger partial charge in [-0.05, 0) is 6.42 Å². The molecule has 0 aliphatic carbocycles. The minimum atomic E-state index is -0.0429. The van der Waals surface area contributed by atoms with E-state index in [0.717, 1.165) is 19.5 Å². The van der Waals surface area contributed by atoms with E-state index < -0.39 is 0 Å². The molecule has 0 amide bonds. The quantitative estimate of drug-likeness (QED) is 0.608. The van der Waals surface area contributed by atoms with Crippen molar-refractivity contribution in [1.82, 2.24) is 5.32 Å². The Morgan fingerprint density at radius 2 is 2.40 bits per heavy atom. The average molecular weight is 145 g/mol. The van der Waals surface area contributed by atoms with Crippen LogP contribution in [0.4, 0.5) is 0 Å². The van der Waals surface area contributed by atoms with Crippen LogP contribution in [0.1, 0.15) is 13.3 Å². The monoisotopic (exact) mass is 145 g/mol. The zero-order chi connectivity index (χ0) is 7.40. The van der Waals surface area contributed by atoms with Crippen molar-refractivity contribution in [3.05, 3.63) is 0 Å². The Bertz CT molecular complexity index is 87.6. The van der Waals surface area contributed by atoms with Crippen molar-refractivity contribution >= 4 is 0 Å². The Labute approximate surface area is 61.7 Å². The van der Waals surface area contributed by atoms with Gasteiger partial charge in [0.25, 0.3) is 0 Å². The maximum Gasteiger partial charge on any atom is 0.169 e. The molecule has 0 aromatic heterocycles. The van der Waals surface area contributed by atoms with Crippen LogP contribution in [-0.4, -0.2) is 32.6 Å². The summed E-state index contributed by atoms with van der Waals surface area (Å²) in [5, 5.41) is 3.24.